The molecule has 0 aliphatic rings. The van der Waals surface area contributed by atoms with Gasteiger partial charge in [-0.1, -0.05) is 0 Å². The molecular formula is C10H9BrN4O4S. The van der Waals surface area contributed by atoms with Crippen molar-refractivity contribution in [3.63, 3.8) is 0 Å². The summed E-state index contributed by atoms with van der Waals surface area (Å²) in [5.74, 6) is -0.314. The van der Waals surface area contributed by atoms with Crippen LogP contribution in [0.1, 0.15) is 0 Å². The van der Waals surface area contributed by atoms with Gasteiger partial charge in [0, 0.05) is 12.4 Å². The van der Waals surface area contributed by atoms with Gasteiger partial charge in [0.25, 0.3) is 5.88 Å². The van der Waals surface area contributed by atoms with Crippen LogP contribution in [0.4, 0.5) is 16.7 Å². The summed E-state index contributed by atoms with van der Waals surface area (Å²) in [6, 6.07) is 1.24. The third-order valence-corrected chi connectivity index (χ3v) is 3.74. The van der Waals surface area contributed by atoms with E-state index in [-0.39, 0.29) is 24.0 Å². The zero-order valence-electron chi connectivity index (χ0n) is 10.2. The molecule has 2 aromatic heterocycles. The molecule has 2 aromatic rings. The summed E-state index contributed by atoms with van der Waals surface area (Å²) in [4.78, 5) is 27.4. The number of nitro groups is 1. The Morgan fingerprint density at radius 2 is 2.45 bits per heavy atom. The van der Waals surface area contributed by atoms with E-state index < -0.39 is 4.92 Å². The number of nitrogens with one attached hydrogen (secondary N) is 1. The normalized spacial score (nSPS) is 10.3. The maximum absolute atomic E-state index is 11.8. The molecule has 0 fully saturated rings. The maximum atomic E-state index is 11.8. The van der Waals surface area contributed by atoms with Gasteiger partial charge in [-0.2, -0.15) is 0 Å². The van der Waals surface area contributed by atoms with Crippen molar-refractivity contribution >= 4 is 49.9 Å². The Morgan fingerprint density at radius 3 is 3.05 bits per heavy atom. The molecule has 20 heavy (non-hydrogen) atoms. The fourth-order valence-corrected chi connectivity index (χ4v) is 2.64. The van der Waals surface area contributed by atoms with E-state index in [1.54, 1.807) is 5.38 Å². The van der Waals surface area contributed by atoms with E-state index in [1.165, 1.54) is 35.6 Å². The average Bonchev–Trinajstić information content (AvgIpc) is 2.97. The fraction of sp³-hybridized carbons (Fsp3) is 0.200. The zero-order valence-corrected chi connectivity index (χ0v) is 12.6. The summed E-state index contributed by atoms with van der Waals surface area (Å²) in [7, 11) is 1.53. The molecule has 0 aromatic carbocycles. The van der Waals surface area contributed by atoms with Gasteiger partial charge < -0.3 is 14.6 Å². The Balaban J connectivity index is 2.00. The smallest absolute Gasteiger partial charge is 0.332 e. The highest BCUT2D eigenvalue weighted by atomic mass is 79.9. The molecule has 1 N–H and O–H groups in total. The van der Waals surface area contributed by atoms with Gasteiger partial charge in [0.2, 0.25) is 5.91 Å². The van der Waals surface area contributed by atoms with Crippen LogP contribution < -0.4 is 10.2 Å². The largest absolute Gasteiger partial charge is 0.443 e. The third-order valence-electron chi connectivity index (χ3n) is 2.27. The van der Waals surface area contributed by atoms with E-state index in [4.69, 9.17) is 4.42 Å². The highest BCUT2D eigenvalue weighted by molar-refractivity contribution is 9.10. The minimum atomic E-state index is -0.564. The van der Waals surface area contributed by atoms with Crippen LogP contribution in [-0.4, -0.2) is 29.4 Å². The van der Waals surface area contributed by atoms with Gasteiger partial charge in [0.15, 0.2) is 5.13 Å². The summed E-state index contributed by atoms with van der Waals surface area (Å²) < 4.78 is 5.66. The topological polar surface area (TPSA) is 102 Å². The summed E-state index contributed by atoms with van der Waals surface area (Å²) in [6.45, 7) is -0.0917. The van der Waals surface area contributed by atoms with E-state index >= 15 is 0 Å². The first-order valence-corrected chi connectivity index (χ1v) is 6.98. The quantitative estimate of drug-likeness (QED) is 0.649. The van der Waals surface area contributed by atoms with Crippen molar-refractivity contribution in [2.45, 2.75) is 0 Å². The minimum Gasteiger partial charge on any atom is -0.443 e. The number of nitrogens with zero attached hydrogens (tertiary/aromatic N) is 3. The van der Waals surface area contributed by atoms with Crippen molar-refractivity contribution in [2.75, 3.05) is 23.8 Å². The molecule has 8 nitrogen and oxygen atoms in total. The Bertz CT molecular complexity index is 641. The molecule has 0 saturated carbocycles. The number of carbonyl (C=O) groups excluding carboxylic acids is 1. The predicted molar refractivity (Wildman–Crippen MR) is 77.1 cm³/mol. The first kappa shape index (κ1) is 14.5. The number of hydrogen-bond donors (Lipinski definition) is 1. The Hall–Kier alpha value is -1.94. The number of amides is 1. The highest BCUT2D eigenvalue weighted by Gasteiger charge is 2.22. The molecule has 0 spiro atoms. The lowest BCUT2D eigenvalue weighted by Gasteiger charge is -2.14. The SMILES string of the molecule is CN(CC(=O)Nc1nc(Br)cs1)c1occc1[N+](=O)[O-]. The lowest BCUT2D eigenvalue weighted by atomic mass is 10.4. The molecule has 0 bridgehead atoms. The monoisotopic (exact) mass is 360 g/mol. The molecule has 106 valence electrons. The maximum Gasteiger partial charge on any atom is 0.332 e. The van der Waals surface area contributed by atoms with Gasteiger partial charge in [-0.3, -0.25) is 14.9 Å². The van der Waals surface area contributed by atoms with Crippen LogP contribution in [0.2, 0.25) is 0 Å². The van der Waals surface area contributed by atoms with E-state index in [0.717, 1.165) is 0 Å². The van der Waals surface area contributed by atoms with E-state index in [1.807, 2.05) is 0 Å². The minimum absolute atomic E-state index is 0.0328. The number of furan rings is 1. The first-order valence-electron chi connectivity index (χ1n) is 5.31. The van der Waals surface area contributed by atoms with Crippen LogP contribution in [0.5, 0.6) is 0 Å². The van der Waals surface area contributed by atoms with Crippen molar-refractivity contribution in [2.24, 2.45) is 0 Å². The molecule has 0 atom stereocenters. The Labute approximate surface area is 125 Å². The fourth-order valence-electron chi connectivity index (χ4n) is 1.48. The molecule has 2 rings (SSSR count). The lowest BCUT2D eigenvalue weighted by molar-refractivity contribution is -0.384. The number of carbonyl (C=O) groups is 1. The van der Waals surface area contributed by atoms with E-state index in [0.29, 0.717) is 9.73 Å². The number of halogens is 1. The number of anilines is 2. The van der Waals surface area contributed by atoms with Crippen molar-refractivity contribution in [1.82, 2.24) is 4.98 Å². The van der Waals surface area contributed by atoms with Crippen LogP contribution >= 0.6 is 27.3 Å². The van der Waals surface area contributed by atoms with Crippen molar-refractivity contribution < 1.29 is 14.1 Å². The van der Waals surface area contributed by atoms with Gasteiger partial charge in [0.05, 0.1) is 17.5 Å². The number of thiazole rings is 1. The molecule has 0 radical (unpaired) electrons. The van der Waals surface area contributed by atoms with Gasteiger partial charge in [-0.15, -0.1) is 11.3 Å². The number of hydrogen-bond acceptors (Lipinski definition) is 7. The molecule has 2 heterocycles. The van der Waals surface area contributed by atoms with Crippen molar-refractivity contribution in [3.8, 4) is 0 Å². The number of likely N-dealkylation sites (N-methyl/N-ethyl adjacent to an activating group) is 1. The highest BCUT2D eigenvalue weighted by Crippen LogP contribution is 2.28. The second-order valence-electron chi connectivity index (χ2n) is 3.75. The van der Waals surface area contributed by atoms with Crippen molar-refractivity contribution in [3.05, 3.63) is 32.4 Å². The van der Waals surface area contributed by atoms with Crippen molar-refractivity contribution in [1.29, 1.82) is 0 Å². The standard InChI is InChI=1S/C10H9BrN4O4S/c1-14(9-6(15(17)18)2-3-19-9)4-8(16)13-10-12-7(11)5-20-10/h2-3,5H,4H2,1H3,(H,12,13,16). The summed E-state index contributed by atoms with van der Waals surface area (Å²) in [5, 5.41) is 15.5. The Morgan fingerprint density at radius 1 is 1.70 bits per heavy atom. The molecular weight excluding hydrogens is 352 g/mol. The number of aromatic nitrogens is 1. The first-order chi connectivity index (χ1) is 9.47. The molecule has 1 amide bonds. The molecule has 10 heteroatoms. The van der Waals surface area contributed by atoms with Crippen LogP contribution in [0.25, 0.3) is 0 Å². The van der Waals surface area contributed by atoms with Gasteiger partial charge in [0.1, 0.15) is 10.9 Å². The van der Waals surface area contributed by atoms with Crippen LogP contribution in [0.15, 0.2) is 26.7 Å². The second kappa shape index (κ2) is 6.01. The van der Waals surface area contributed by atoms with Crippen LogP contribution in [0, 0.1) is 10.1 Å². The van der Waals surface area contributed by atoms with Crippen LogP contribution in [-0.2, 0) is 4.79 Å². The molecule has 0 unspecified atom stereocenters. The molecule has 0 aliphatic carbocycles. The summed E-state index contributed by atoms with van der Waals surface area (Å²) in [6.07, 6.45) is 1.21. The zero-order chi connectivity index (χ0) is 14.7. The predicted octanol–water partition coefficient (Wildman–Crippen LogP) is 2.48. The number of rotatable bonds is 5. The van der Waals surface area contributed by atoms with Gasteiger partial charge in [-0.25, -0.2) is 4.98 Å². The summed E-state index contributed by atoms with van der Waals surface area (Å²) >= 11 is 4.45. The lowest BCUT2D eigenvalue weighted by Crippen LogP contribution is -2.30. The second-order valence-corrected chi connectivity index (χ2v) is 5.42. The van der Waals surface area contributed by atoms with Crippen LogP contribution in [0.3, 0.4) is 0 Å². The van der Waals surface area contributed by atoms with E-state index in [2.05, 4.69) is 26.2 Å². The molecule has 0 saturated heterocycles. The summed E-state index contributed by atoms with van der Waals surface area (Å²) in [5.41, 5.74) is -0.183. The third kappa shape index (κ3) is 3.33. The molecule has 0 aliphatic heterocycles. The van der Waals surface area contributed by atoms with Gasteiger partial charge >= 0.3 is 5.69 Å². The average molecular weight is 361 g/mol. The Kier molecular flexibility index (Phi) is 4.35. The van der Waals surface area contributed by atoms with Gasteiger partial charge in [-0.05, 0) is 15.9 Å². The van der Waals surface area contributed by atoms with E-state index in [9.17, 15) is 14.9 Å².